The van der Waals surface area contributed by atoms with Gasteiger partial charge in [-0.2, -0.15) is 0 Å². The van der Waals surface area contributed by atoms with Crippen LogP contribution in [0.5, 0.6) is 11.5 Å². The molecule has 0 saturated carbocycles. The molecule has 0 radical (unpaired) electrons. The van der Waals surface area contributed by atoms with Crippen LogP contribution in [0.3, 0.4) is 0 Å². The van der Waals surface area contributed by atoms with Crippen molar-refractivity contribution >= 4 is 80.0 Å². The summed E-state index contributed by atoms with van der Waals surface area (Å²) in [7, 11) is 1.52. The first-order valence-electron chi connectivity index (χ1n) is 11.3. The van der Waals surface area contributed by atoms with Crippen LogP contribution in [0.1, 0.15) is 16.7 Å². The number of anilines is 1. The molecule has 6 nitrogen and oxygen atoms in total. The number of amides is 2. The van der Waals surface area contributed by atoms with Crippen molar-refractivity contribution in [3.63, 3.8) is 0 Å². The van der Waals surface area contributed by atoms with E-state index in [1.807, 2.05) is 30.3 Å². The Bertz CT molecular complexity index is 1470. The van der Waals surface area contributed by atoms with Gasteiger partial charge in [0, 0.05) is 10.0 Å². The smallest absolute Gasteiger partial charge is 0.270 e. The van der Waals surface area contributed by atoms with Crippen molar-refractivity contribution in [2.24, 2.45) is 0 Å². The first-order chi connectivity index (χ1) is 18.2. The minimum absolute atomic E-state index is 0.0945. The van der Waals surface area contributed by atoms with E-state index >= 15 is 0 Å². The van der Waals surface area contributed by atoms with Crippen LogP contribution in [0, 0.1) is 0 Å². The third-order valence-electron chi connectivity index (χ3n) is 5.62. The summed E-state index contributed by atoms with van der Waals surface area (Å²) in [5.74, 6) is -0.274. The van der Waals surface area contributed by atoms with Crippen LogP contribution in [0.15, 0.2) is 77.3 Å². The molecule has 0 spiro atoms. The summed E-state index contributed by atoms with van der Waals surface area (Å²) in [6.07, 6.45) is 3.67. The van der Waals surface area contributed by atoms with Crippen LogP contribution in [0.4, 0.5) is 5.69 Å². The normalized spacial score (nSPS) is 14.5. The summed E-state index contributed by atoms with van der Waals surface area (Å²) in [6.45, 7) is 4.16. The van der Waals surface area contributed by atoms with Crippen molar-refractivity contribution in [2.45, 2.75) is 13.0 Å². The average molecular weight is 632 g/mol. The van der Waals surface area contributed by atoms with Crippen molar-refractivity contribution in [1.82, 2.24) is 5.32 Å². The molecule has 0 unspecified atom stereocenters. The fourth-order valence-electron chi connectivity index (χ4n) is 3.83. The molecule has 1 N–H and O–H groups in total. The first-order valence-corrected chi connectivity index (χ1v) is 13.2. The number of ether oxygens (including phenoxy) is 2. The molecule has 0 aromatic heterocycles. The number of nitrogens with zero attached hydrogens (tertiary/aromatic N) is 1. The molecular weight excluding hydrogens is 611 g/mol. The molecule has 194 valence electrons. The SMILES string of the molecule is C=CCc1cc(/C=C2\C(=O)NC(=S)N(c3cccc(Cl)c3Cl)C2=O)cc(OC)c1OCc1ccc(Br)cc1. The van der Waals surface area contributed by atoms with Gasteiger partial charge in [0.15, 0.2) is 16.6 Å². The average Bonchev–Trinajstić information content (AvgIpc) is 2.89. The lowest BCUT2D eigenvalue weighted by Crippen LogP contribution is -2.54. The minimum atomic E-state index is -0.636. The van der Waals surface area contributed by atoms with E-state index in [0.717, 1.165) is 20.5 Å². The number of methoxy groups -OCH3 is 1. The zero-order valence-corrected chi connectivity index (χ0v) is 24.0. The molecule has 1 saturated heterocycles. The third-order valence-corrected chi connectivity index (χ3v) is 7.24. The number of thiocarbonyl (C=S) groups is 1. The van der Waals surface area contributed by atoms with Crippen LogP contribution < -0.4 is 19.7 Å². The highest BCUT2D eigenvalue weighted by Crippen LogP contribution is 2.37. The van der Waals surface area contributed by atoms with Gasteiger partial charge in [-0.3, -0.25) is 19.8 Å². The number of benzene rings is 3. The number of carbonyl (C=O) groups is 2. The molecule has 38 heavy (non-hydrogen) atoms. The third kappa shape index (κ3) is 5.94. The van der Waals surface area contributed by atoms with Gasteiger partial charge in [0.25, 0.3) is 11.8 Å². The van der Waals surface area contributed by atoms with E-state index in [1.165, 1.54) is 13.2 Å². The van der Waals surface area contributed by atoms with E-state index in [-0.39, 0.29) is 26.4 Å². The zero-order valence-electron chi connectivity index (χ0n) is 20.1. The highest BCUT2D eigenvalue weighted by molar-refractivity contribution is 9.10. The molecule has 2 amide bonds. The van der Waals surface area contributed by atoms with Gasteiger partial charge in [0.2, 0.25) is 0 Å². The number of hydrogen-bond acceptors (Lipinski definition) is 5. The van der Waals surface area contributed by atoms with Gasteiger partial charge in [-0.1, -0.05) is 63.4 Å². The van der Waals surface area contributed by atoms with E-state index < -0.39 is 11.8 Å². The topological polar surface area (TPSA) is 67.9 Å². The van der Waals surface area contributed by atoms with Crippen LogP contribution in [0.25, 0.3) is 6.08 Å². The second-order valence-corrected chi connectivity index (χ2v) is 10.2. The number of nitrogens with one attached hydrogen (secondary N) is 1. The Morgan fingerprint density at radius 3 is 2.55 bits per heavy atom. The molecule has 10 heteroatoms. The molecule has 1 fully saturated rings. The highest BCUT2D eigenvalue weighted by Gasteiger charge is 2.35. The lowest BCUT2D eigenvalue weighted by Gasteiger charge is -2.29. The number of carbonyl (C=O) groups excluding carboxylic acids is 2. The lowest BCUT2D eigenvalue weighted by molar-refractivity contribution is -0.122. The predicted molar refractivity (Wildman–Crippen MR) is 158 cm³/mol. The van der Waals surface area contributed by atoms with Crippen molar-refractivity contribution in [3.05, 3.63) is 104 Å². The van der Waals surface area contributed by atoms with Crippen LogP contribution in [-0.4, -0.2) is 24.0 Å². The summed E-state index contributed by atoms with van der Waals surface area (Å²) in [6, 6.07) is 16.1. The molecule has 1 aliphatic rings. The molecule has 0 aliphatic carbocycles. The summed E-state index contributed by atoms with van der Waals surface area (Å²) >= 11 is 21.2. The van der Waals surface area contributed by atoms with E-state index in [1.54, 1.807) is 30.3 Å². The van der Waals surface area contributed by atoms with E-state index in [4.69, 9.17) is 44.9 Å². The van der Waals surface area contributed by atoms with Crippen molar-refractivity contribution in [1.29, 1.82) is 0 Å². The summed E-state index contributed by atoms with van der Waals surface area (Å²) in [4.78, 5) is 27.4. The largest absolute Gasteiger partial charge is 0.493 e. The fourth-order valence-corrected chi connectivity index (χ4v) is 4.75. The maximum atomic E-state index is 13.5. The number of allylic oxidation sites excluding steroid dienone is 1. The van der Waals surface area contributed by atoms with E-state index in [0.29, 0.717) is 30.1 Å². The minimum Gasteiger partial charge on any atom is -0.493 e. The summed E-state index contributed by atoms with van der Waals surface area (Å²) < 4.78 is 12.7. The Balaban J connectivity index is 1.71. The van der Waals surface area contributed by atoms with Gasteiger partial charge >= 0.3 is 0 Å². The van der Waals surface area contributed by atoms with Gasteiger partial charge in [-0.15, -0.1) is 6.58 Å². The Morgan fingerprint density at radius 1 is 1.13 bits per heavy atom. The van der Waals surface area contributed by atoms with Crippen molar-refractivity contribution in [2.75, 3.05) is 12.0 Å². The molecule has 0 atom stereocenters. The predicted octanol–water partition coefficient (Wildman–Crippen LogP) is 6.90. The van der Waals surface area contributed by atoms with E-state index in [9.17, 15) is 9.59 Å². The van der Waals surface area contributed by atoms with Crippen LogP contribution >= 0.6 is 51.3 Å². The monoisotopic (exact) mass is 630 g/mol. The second kappa shape index (κ2) is 12.1. The number of rotatable bonds is 8. The first kappa shape index (κ1) is 27.9. The molecular formula is C28H21BrCl2N2O4S. The van der Waals surface area contributed by atoms with Crippen molar-refractivity contribution in [3.8, 4) is 11.5 Å². The van der Waals surface area contributed by atoms with Crippen LogP contribution in [-0.2, 0) is 22.6 Å². The van der Waals surface area contributed by atoms with Gasteiger partial charge < -0.3 is 9.47 Å². The van der Waals surface area contributed by atoms with E-state index in [2.05, 4.69) is 27.8 Å². The number of halogens is 3. The van der Waals surface area contributed by atoms with Gasteiger partial charge in [0.1, 0.15) is 12.2 Å². The van der Waals surface area contributed by atoms with Gasteiger partial charge in [-0.25, -0.2) is 0 Å². The summed E-state index contributed by atoms with van der Waals surface area (Å²) in [5, 5.41) is 2.85. The second-order valence-electron chi connectivity index (χ2n) is 8.15. The van der Waals surface area contributed by atoms with Crippen molar-refractivity contribution < 1.29 is 19.1 Å². The van der Waals surface area contributed by atoms with Crippen LogP contribution in [0.2, 0.25) is 10.0 Å². The highest BCUT2D eigenvalue weighted by atomic mass is 79.9. The fraction of sp³-hybridized carbons (Fsp3) is 0.107. The zero-order chi connectivity index (χ0) is 27.4. The molecule has 3 aromatic carbocycles. The molecule has 4 rings (SSSR count). The number of hydrogen-bond donors (Lipinski definition) is 1. The molecule has 1 heterocycles. The maximum absolute atomic E-state index is 13.5. The molecule has 3 aromatic rings. The Hall–Kier alpha value is -3.17. The Morgan fingerprint density at radius 2 is 1.87 bits per heavy atom. The quantitative estimate of drug-likeness (QED) is 0.127. The standard InChI is InChI=1S/C28H21BrCl2N2O4S/c1-3-5-18-12-17(14-23(36-2)25(18)37-15-16-8-10-19(29)11-9-16)13-20-26(34)32-28(38)33(27(20)35)22-7-4-6-21(30)24(22)31/h3-4,6-14H,1,5,15H2,2H3,(H,32,34,38)/b20-13+. The maximum Gasteiger partial charge on any atom is 0.270 e. The van der Waals surface area contributed by atoms with Gasteiger partial charge in [0.05, 0.1) is 22.8 Å². The molecule has 0 bridgehead atoms. The summed E-state index contributed by atoms with van der Waals surface area (Å²) in [5.41, 5.74) is 2.44. The van der Waals surface area contributed by atoms with Gasteiger partial charge in [-0.05, 0) is 72.2 Å². The lowest BCUT2D eigenvalue weighted by atomic mass is 10.0. The Kier molecular flexibility index (Phi) is 8.89. The Labute approximate surface area is 244 Å². The molecule has 1 aliphatic heterocycles.